The third kappa shape index (κ3) is 3.89. The maximum absolute atomic E-state index is 11.0. The topological polar surface area (TPSA) is 55.8 Å². The minimum atomic E-state index is -0.849. The van der Waals surface area contributed by atoms with E-state index in [-0.39, 0.29) is 24.4 Å². The van der Waals surface area contributed by atoms with E-state index in [4.69, 9.17) is 14.5 Å². The molecular formula is C18H27BO4. The highest BCUT2D eigenvalue weighted by Gasteiger charge is 2.49. The summed E-state index contributed by atoms with van der Waals surface area (Å²) in [6.45, 7) is 11.3. The van der Waals surface area contributed by atoms with Crippen LogP contribution in [-0.2, 0) is 15.9 Å². The molecule has 1 aliphatic rings. The van der Waals surface area contributed by atoms with E-state index < -0.39 is 5.97 Å². The fourth-order valence-corrected chi connectivity index (χ4v) is 2.88. The fraction of sp³-hybridized carbons (Fsp3) is 0.611. The molecule has 1 saturated heterocycles. The van der Waals surface area contributed by atoms with Crippen molar-refractivity contribution in [2.24, 2.45) is 5.41 Å². The van der Waals surface area contributed by atoms with E-state index >= 15 is 0 Å². The first-order valence-corrected chi connectivity index (χ1v) is 8.31. The van der Waals surface area contributed by atoms with Crippen molar-refractivity contribution in [3.63, 3.8) is 0 Å². The Morgan fingerprint density at radius 1 is 1.35 bits per heavy atom. The highest BCUT2D eigenvalue weighted by Crippen LogP contribution is 2.45. The Labute approximate surface area is 139 Å². The molecule has 0 atom stereocenters. The predicted molar refractivity (Wildman–Crippen MR) is 92.7 cm³/mol. The minimum Gasteiger partial charge on any atom is -0.493 e. The van der Waals surface area contributed by atoms with E-state index in [0.29, 0.717) is 17.9 Å². The van der Waals surface area contributed by atoms with Crippen LogP contribution in [-0.4, -0.2) is 30.2 Å². The Bertz CT molecular complexity index is 564. The van der Waals surface area contributed by atoms with Crippen LogP contribution in [0.5, 0.6) is 5.75 Å². The first-order valence-electron chi connectivity index (χ1n) is 8.31. The summed E-state index contributed by atoms with van der Waals surface area (Å²) in [5, 5.41) is 9.05. The molecule has 2 rings (SSSR count). The molecule has 1 fully saturated rings. The number of hydrogen-bond acceptors (Lipinski definition) is 3. The number of carboxylic acids is 1. The van der Waals surface area contributed by atoms with Crippen LogP contribution in [0.1, 0.15) is 46.6 Å². The van der Waals surface area contributed by atoms with E-state index in [9.17, 15) is 4.79 Å². The Hall–Kier alpha value is -1.49. The number of carbonyl (C=O) groups is 1. The van der Waals surface area contributed by atoms with Crippen LogP contribution in [0.25, 0.3) is 0 Å². The van der Waals surface area contributed by atoms with E-state index in [0.717, 1.165) is 18.2 Å². The van der Waals surface area contributed by atoms with E-state index in [1.54, 1.807) is 0 Å². The summed E-state index contributed by atoms with van der Waals surface area (Å²) in [5.74, 6) is -0.184. The van der Waals surface area contributed by atoms with Crippen molar-refractivity contribution in [3.8, 4) is 5.75 Å². The number of rotatable bonds is 6. The van der Waals surface area contributed by atoms with Crippen molar-refractivity contribution < 1.29 is 19.3 Å². The number of aliphatic carboxylic acids is 1. The Kier molecular flexibility index (Phi) is 5.09. The third-order valence-electron chi connectivity index (χ3n) is 5.03. The lowest BCUT2D eigenvalue weighted by atomic mass is 9.54. The number of ether oxygens (including phenoxy) is 1. The smallest absolute Gasteiger partial charge is 0.328 e. The van der Waals surface area contributed by atoms with Crippen molar-refractivity contribution in [2.75, 3.05) is 6.61 Å². The predicted octanol–water partition coefficient (Wildman–Crippen LogP) is 3.14. The number of benzene rings is 1. The normalized spacial score (nSPS) is 18.9. The summed E-state index contributed by atoms with van der Waals surface area (Å²) in [4.78, 5) is 11.0. The second-order valence-electron chi connectivity index (χ2n) is 7.49. The Balaban J connectivity index is 2.28. The van der Waals surface area contributed by atoms with Gasteiger partial charge in [-0.05, 0) is 43.5 Å². The van der Waals surface area contributed by atoms with Gasteiger partial charge in [-0.2, -0.15) is 0 Å². The van der Waals surface area contributed by atoms with Crippen LogP contribution in [0.2, 0.25) is 6.32 Å². The maximum atomic E-state index is 11.0. The molecule has 1 N–H and O–H groups in total. The monoisotopic (exact) mass is 318 g/mol. The summed E-state index contributed by atoms with van der Waals surface area (Å²) < 4.78 is 12.0. The van der Waals surface area contributed by atoms with Gasteiger partial charge < -0.3 is 14.5 Å². The van der Waals surface area contributed by atoms with Crippen LogP contribution < -0.4 is 10.2 Å². The van der Waals surface area contributed by atoms with Gasteiger partial charge in [0.25, 0.3) is 0 Å². The summed E-state index contributed by atoms with van der Waals surface area (Å²) >= 11 is 0. The first kappa shape index (κ1) is 17.9. The van der Waals surface area contributed by atoms with Gasteiger partial charge in [0, 0.05) is 5.56 Å². The van der Waals surface area contributed by atoms with Crippen LogP contribution in [0.15, 0.2) is 18.2 Å². The zero-order valence-corrected chi connectivity index (χ0v) is 14.8. The number of hydrogen-bond donors (Lipinski definition) is 1. The molecular weight excluding hydrogens is 291 g/mol. The van der Waals surface area contributed by atoms with Gasteiger partial charge in [0.05, 0.1) is 18.6 Å². The quantitative estimate of drug-likeness (QED) is 0.819. The lowest BCUT2D eigenvalue weighted by Gasteiger charge is -2.34. The number of carboxylic acid groups (broad SMARTS) is 1. The molecule has 1 aromatic carbocycles. The van der Waals surface area contributed by atoms with Crippen molar-refractivity contribution in [2.45, 2.75) is 59.4 Å². The van der Waals surface area contributed by atoms with Crippen molar-refractivity contribution in [3.05, 3.63) is 23.8 Å². The van der Waals surface area contributed by atoms with Gasteiger partial charge in [0.1, 0.15) is 5.75 Å². The van der Waals surface area contributed by atoms with Gasteiger partial charge in [-0.15, -0.1) is 0 Å². The SMILES string of the molecule is CCCOc1cc(B2CC(C)(C)C(C)(C)O2)ccc1CC(=O)O. The van der Waals surface area contributed by atoms with Crippen molar-refractivity contribution in [1.82, 2.24) is 0 Å². The average Bonchev–Trinajstić information content (AvgIpc) is 2.65. The molecule has 0 aliphatic carbocycles. The molecule has 5 heteroatoms. The van der Waals surface area contributed by atoms with E-state index in [2.05, 4.69) is 27.7 Å². The van der Waals surface area contributed by atoms with E-state index in [1.165, 1.54) is 0 Å². The summed E-state index contributed by atoms with van der Waals surface area (Å²) in [7, 11) is 0. The zero-order chi connectivity index (χ0) is 17.3. The second-order valence-corrected chi connectivity index (χ2v) is 7.49. The fourth-order valence-electron chi connectivity index (χ4n) is 2.88. The molecule has 1 aliphatic heterocycles. The third-order valence-corrected chi connectivity index (χ3v) is 5.03. The van der Waals surface area contributed by atoms with Crippen LogP contribution in [0, 0.1) is 5.41 Å². The first-order chi connectivity index (χ1) is 10.7. The van der Waals surface area contributed by atoms with Crippen molar-refractivity contribution >= 4 is 18.3 Å². The standard InChI is InChI=1S/C18H27BO4/c1-6-9-22-15-11-14(8-7-13(15)10-16(20)21)19-12-17(2,3)18(4,5)23-19/h7-8,11H,6,9-10,12H2,1-5H3,(H,20,21). The van der Waals surface area contributed by atoms with Gasteiger partial charge in [0.15, 0.2) is 0 Å². The molecule has 0 amide bonds. The highest BCUT2D eigenvalue weighted by atomic mass is 16.5. The molecule has 126 valence electrons. The van der Waals surface area contributed by atoms with Gasteiger partial charge in [-0.1, -0.05) is 32.9 Å². The molecule has 0 bridgehead atoms. The summed E-state index contributed by atoms with van der Waals surface area (Å²) in [6, 6.07) is 5.78. The maximum Gasteiger partial charge on any atom is 0.328 e. The molecule has 0 saturated carbocycles. The van der Waals surface area contributed by atoms with Gasteiger partial charge in [0.2, 0.25) is 0 Å². The average molecular weight is 318 g/mol. The Morgan fingerprint density at radius 2 is 2.04 bits per heavy atom. The van der Waals surface area contributed by atoms with Gasteiger partial charge in [-0.3, -0.25) is 4.79 Å². The largest absolute Gasteiger partial charge is 0.493 e. The minimum absolute atomic E-state index is 0.0165. The second kappa shape index (κ2) is 6.56. The molecule has 4 nitrogen and oxygen atoms in total. The van der Waals surface area contributed by atoms with Crippen LogP contribution in [0.4, 0.5) is 0 Å². The lowest BCUT2D eigenvalue weighted by Crippen LogP contribution is -2.36. The molecule has 0 unspecified atom stereocenters. The van der Waals surface area contributed by atoms with Crippen LogP contribution in [0.3, 0.4) is 0 Å². The molecule has 0 radical (unpaired) electrons. The van der Waals surface area contributed by atoms with Crippen molar-refractivity contribution in [1.29, 1.82) is 0 Å². The highest BCUT2D eigenvalue weighted by molar-refractivity contribution is 6.68. The molecule has 0 spiro atoms. The summed E-state index contributed by atoms with van der Waals surface area (Å²) in [5.41, 5.74) is 1.67. The molecule has 23 heavy (non-hydrogen) atoms. The van der Waals surface area contributed by atoms with E-state index in [1.807, 2.05) is 25.1 Å². The molecule has 1 heterocycles. The lowest BCUT2D eigenvalue weighted by molar-refractivity contribution is -0.136. The molecule has 0 aromatic heterocycles. The molecule has 1 aromatic rings. The Morgan fingerprint density at radius 3 is 2.57 bits per heavy atom. The zero-order valence-electron chi connectivity index (χ0n) is 14.8. The van der Waals surface area contributed by atoms with Crippen LogP contribution >= 0.6 is 0 Å². The summed E-state index contributed by atoms with van der Waals surface area (Å²) in [6.07, 6.45) is 1.80. The van der Waals surface area contributed by atoms with Gasteiger partial charge >= 0.3 is 12.9 Å². The van der Waals surface area contributed by atoms with Gasteiger partial charge in [-0.25, -0.2) is 0 Å².